The van der Waals surface area contributed by atoms with Gasteiger partial charge in [0.05, 0.1) is 11.4 Å². The minimum absolute atomic E-state index is 0.0934. The normalized spacial score (nSPS) is 11.6. The number of rotatable bonds is 7. The fraction of sp³-hybridized carbons (Fsp3) is 0.269. The van der Waals surface area contributed by atoms with Gasteiger partial charge in [0.15, 0.2) is 0 Å². The molecular formula is C26H28N4O5. The number of fused-ring (bicyclic) bond motifs is 2. The predicted octanol–water partition coefficient (Wildman–Crippen LogP) is 4.55. The summed E-state index contributed by atoms with van der Waals surface area (Å²) < 4.78 is 7.20. The number of carbonyl (C=O) groups excluding carboxylic acids is 2. The van der Waals surface area contributed by atoms with Gasteiger partial charge in [-0.15, -0.1) is 0 Å². The van der Waals surface area contributed by atoms with Crippen LogP contribution in [0.1, 0.15) is 53.7 Å². The molecule has 0 aliphatic rings. The average molecular weight is 477 g/mol. The standard InChI is InChI=1S/C26H28N4O5/c1-26(2,3)35-25(34)28-11-6-12-30-19-8-5-4-7-15(19)14-20(30)23(31)16-9-10-18-17(13-16)21(27)22(29-18)24(32)33/h4-5,7-10,13-14,29H,6,11-12,27H2,1-3H3,(H,28,34)(H,32,33). The summed E-state index contributed by atoms with van der Waals surface area (Å²) in [6.07, 6.45) is 0.105. The molecule has 2 heterocycles. The molecular weight excluding hydrogens is 448 g/mol. The molecule has 0 spiro atoms. The number of benzene rings is 2. The van der Waals surface area contributed by atoms with Gasteiger partial charge in [0.25, 0.3) is 0 Å². The highest BCUT2D eigenvalue weighted by atomic mass is 16.6. The molecule has 0 aliphatic carbocycles. The van der Waals surface area contributed by atoms with Crippen LogP contribution in [0, 0.1) is 0 Å². The Labute approximate surface area is 201 Å². The molecule has 9 heteroatoms. The molecule has 9 nitrogen and oxygen atoms in total. The molecule has 0 bridgehead atoms. The number of carbonyl (C=O) groups is 3. The molecule has 182 valence electrons. The van der Waals surface area contributed by atoms with Crippen LogP contribution in [0.15, 0.2) is 48.5 Å². The van der Waals surface area contributed by atoms with Crippen LogP contribution >= 0.6 is 0 Å². The number of amides is 1. The summed E-state index contributed by atoms with van der Waals surface area (Å²) in [6, 6.07) is 14.5. The van der Waals surface area contributed by atoms with Gasteiger partial charge in [-0.1, -0.05) is 18.2 Å². The van der Waals surface area contributed by atoms with Crippen LogP contribution in [-0.2, 0) is 11.3 Å². The van der Waals surface area contributed by atoms with Gasteiger partial charge in [-0.25, -0.2) is 9.59 Å². The Morgan fingerprint density at radius 3 is 2.57 bits per heavy atom. The highest BCUT2D eigenvalue weighted by Crippen LogP contribution is 2.28. The van der Waals surface area contributed by atoms with E-state index in [2.05, 4.69) is 10.3 Å². The first-order valence-corrected chi connectivity index (χ1v) is 11.3. The fourth-order valence-electron chi connectivity index (χ4n) is 4.05. The smallest absolute Gasteiger partial charge is 0.407 e. The number of aromatic nitrogens is 2. The zero-order chi connectivity index (χ0) is 25.3. The number of nitrogens with zero attached hydrogens (tertiary/aromatic N) is 1. The van der Waals surface area contributed by atoms with Gasteiger partial charge in [0.2, 0.25) is 5.78 Å². The Morgan fingerprint density at radius 1 is 1.11 bits per heavy atom. The van der Waals surface area contributed by atoms with Crippen molar-refractivity contribution in [3.8, 4) is 0 Å². The molecule has 0 unspecified atom stereocenters. The number of nitrogens with two attached hydrogens (primary N) is 1. The average Bonchev–Trinajstić information content (AvgIpc) is 3.33. The van der Waals surface area contributed by atoms with E-state index in [0.717, 1.165) is 10.9 Å². The lowest BCUT2D eigenvalue weighted by Gasteiger charge is -2.19. The third kappa shape index (κ3) is 4.98. The van der Waals surface area contributed by atoms with Crippen LogP contribution < -0.4 is 11.1 Å². The highest BCUT2D eigenvalue weighted by Gasteiger charge is 2.20. The zero-order valence-corrected chi connectivity index (χ0v) is 19.8. The molecule has 35 heavy (non-hydrogen) atoms. The summed E-state index contributed by atoms with van der Waals surface area (Å²) in [4.78, 5) is 39.6. The number of para-hydroxylation sites is 1. The third-order valence-electron chi connectivity index (χ3n) is 5.58. The van der Waals surface area contributed by atoms with Crippen LogP contribution in [0.3, 0.4) is 0 Å². The lowest BCUT2D eigenvalue weighted by Crippen LogP contribution is -2.33. The van der Waals surface area contributed by atoms with Gasteiger partial charge < -0.3 is 30.4 Å². The number of aromatic carboxylic acids is 1. The van der Waals surface area contributed by atoms with Crippen LogP contribution in [0.25, 0.3) is 21.8 Å². The van der Waals surface area contributed by atoms with E-state index in [1.807, 2.05) is 34.9 Å². The first kappa shape index (κ1) is 23.9. The maximum absolute atomic E-state index is 13.6. The lowest BCUT2D eigenvalue weighted by atomic mass is 10.1. The van der Waals surface area contributed by atoms with Crippen LogP contribution in [-0.4, -0.2) is 44.6 Å². The molecule has 4 rings (SSSR count). The van der Waals surface area contributed by atoms with E-state index in [-0.39, 0.29) is 17.2 Å². The van der Waals surface area contributed by atoms with Crippen molar-refractivity contribution in [2.24, 2.45) is 0 Å². The number of aromatic amines is 1. The predicted molar refractivity (Wildman–Crippen MR) is 134 cm³/mol. The number of anilines is 1. The minimum atomic E-state index is -1.16. The number of hydrogen-bond donors (Lipinski definition) is 4. The van der Waals surface area contributed by atoms with Gasteiger partial charge in [-0.2, -0.15) is 0 Å². The maximum Gasteiger partial charge on any atom is 0.407 e. The maximum atomic E-state index is 13.6. The Bertz CT molecular complexity index is 1440. The first-order valence-electron chi connectivity index (χ1n) is 11.3. The lowest BCUT2D eigenvalue weighted by molar-refractivity contribution is 0.0525. The molecule has 2 aromatic carbocycles. The Balaban J connectivity index is 1.60. The Kier molecular flexibility index (Phi) is 6.26. The number of carboxylic acid groups (broad SMARTS) is 1. The molecule has 0 radical (unpaired) electrons. The van der Waals surface area contributed by atoms with Crippen molar-refractivity contribution >= 4 is 45.3 Å². The highest BCUT2D eigenvalue weighted by molar-refractivity contribution is 6.13. The van der Waals surface area contributed by atoms with E-state index in [0.29, 0.717) is 41.7 Å². The van der Waals surface area contributed by atoms with E-state index >= 15 is 0 Å². The van der Waals surface area contributed by atoms with Crippen LogP contribution in [0.5, 0.6) is 0 Å². The van der Waals surface area contributed by atoms with E-state index < -0.39 is 17.7 Å². The van der Waals surface area contributed by atoms with Gasteiger partial charge in [0.1, 0.15) is 11.3 Å². The second kappa shape index (κ2) is 9.17. The van der Waals surface area contributed by atoms with Gasteiger partial charge >= 0.3 is 12.1 Å². The first-order chi connectivity index (χ1) is 16.5. The van der Waals surface area contributed by atoms with E-state index in [9.17, 15) is 19.5 Å². The number of nitrogen functional groups attached to an aromatic ring is 1. The number of aryl methyl sites for hydroxylation is 1. The monoisotopic (exact) mass is 476 g/mol. The molecule has 4 aromatic rings. The zero-order valence-electron chi connectivity index (χ0n) is 19.8. The summed E-state index contributed by atoms with van der Waals surface area (Å²) >= 11 is 0. The quantitative estimate of drug-likeness (QED) is 0.228. The topological polar surface area (TPSA) is 139 Å². The Hall–Kier alpha value is -4.27. The molecule has 5 N–H and O–H groups in total. The Morgan fingerprint density at radius 2 is 1.86 bits per heavy atom. The number of ether oxygens (including phenoxy) is 1. The minimum Gasteiger partial charge on any atom is -0.477 e. The van der Waals surface area contributed by atoms with E-state index in [4.69, 9.17) is 10.5 Å². The number of H-pyrrole nitrogens is 1. The number of alkyl carbamates (subject to hydrolysis) is 1. The van der Waals surface area contributed by atoms with Crippen molar-refractivity contribution in [1.82, 2.24) is 14.9 Å². The molecule has 1 amide bonds. The molecule has 0 saturated carbocycles. The van der Waals surface area contributed by atoms with Crippen molar-refractivity contribution < 1.29 is 24.2 Å². The second-order valence-electron chi connectivity index (χ2n) is 9.33. The van der Waals surface area contributed by atoms with Crippen LogP contribution in [0.2, 0.25) is 0 Å². The number of hydrogen-bond acceptors (Lipinski definition) is 5. The number of ketones is 1. The van der Waals surface area contributed by atoms with Crippen LogP contribution in [0.4, 0.5) is 10.5 Å². The van der Waals surface area contributed by atoms with Crippen molar-refractivity contribution in [1.29, 1.82) is 0 Å². The summed E-state index contributed by atoms with van der Waals surface area (Å²) in [6.45, 7) is 6.30. The van der Waals surface area contributed by atoms with Crippen molar-refractivity contribution in [2.45, 2.75) is 39.3 Å². The molecule has 0 atom stereocenters. The summed E-state index contributed by atoms with van der Waals surface area (Å²) in [5, 5.41) is 13.5. The van der Waals surface area contributed by atoms with E-state index in [1.165, 1.54) is 0 Å². The molecule has 0 aliphatic heterocycles. The third-order valence-corrected chi connectivity index (χ3v) is 5.58. The van der Waals surface area contributed by atoms with Crippen molar-refractivity contribution in [3.05, 3.63) is 65.5 Å². The number of nitrogens with one attached hydrogen (secondary N) is 2. The van der Waals surface area contributed by atoms with Gasteiger partial charge in [-0.05, 0) is 57.5 Å². The van der Waals surface area contributed by atoms with Gasteiger partial charge in [-0.3, -0.25) is 4.79 Å². The summed E-state index contributed by atoms with van der Waals surface area (Å²) in [5.41, 5.74) is 7.78. The van der Waals surface area contributed by atoms with Crippen molar-refractivity contribution in [2.75, 3.05) is 12.3 Å². The SMILES string of the molecule is CC(C)(C)OC(=O)NCCCn1c(C(=O)c2ccc3[nH]c(C(=O)O)c(N)c3c2)cc2ccccc21. The molecule has 2 aromatic heterocycles. The number of carboxylic acids is 1. The fourth-order valence-corrected chi connectivity index (χ4v) is 4.05. The van der Waals surface area contributed by atoms with Crippen molar-refractivity contribution in [3.63, 3.8) is 0 Å². The molecule has 0 saturated heterocycles. The second-order valence-corrected chi connectivity index (χ2v) is 9.33. The summed E-state index contributed by atoms with van der Waals surface area (Å²) in [7, 11) is 0. The largest absolute Gasteiger partial charge is 0.477 e. The van der Waals surface area contributed by atoms with Gasteiger partial charge in [0, 0.05) is 40.5 Å². The molecule has 0 fully saturated rings. The van der Waals surface area contributed by atoms with E-state index in [1.54, 1.807) is 39.0 Å². The summed E-state index contributed by atoms with van der Waals surface area (Å²) in [5.74, 6) is -1.37.